The average Bonchev–Trinajstić information content (AvgIpc) is 2.38. The monoisotopic (exact) mass is 315 g/mol. The van der Waals surface area contributed by atoms with E-state index < -0.39 is 0 Å². The van der Waals surface area contributed by atoms with Crippen LogP contribution in [-0.4, -0.2) is 35.1 Å². The molecule has 0 atom stereocenters. The van der Waals surface area contributed by atoms with E-state index >= 15 is 0 Å². The number of nitrogens with zero attached hydrogens (tertiary/aromatic N) is 1. The van der Waals surface area contributed by atoms with Gasteiger partial charge in [-0.3, -0.25) is 4.79 Å². The number of aliphatic hydroxyl groups is 1. The molecule has 0 radical (unpaired) electrons. The lowest BCUT2D eigenvalue weighted by Gasteiger charge is -2.25. The predicted octanol–water partition coefficient (Wildman–Crippen LogP) is 3.63. The van der Waals surface area contributed by atoms with Crippen molar-refractivity contribution in [3.63, 3.8) is 0 Å². The van der Waals surface area contributed by atoms with Crippen molar-refractivity contribution < 1.29 is 9.90 Å². The molecule has 1 N–H and O–H groups in total. The van der Waals surface area contributed by atoms with E-state index in [1.165, 1.54) is 6.08 Å². The highest BCUT2D eigenvalue weighted by molar-refractivity contribution is 6.37. The van der Waals surface area contributed by atoms with E-state index in [4.69, 9.17) is 28.3 Å². The number of amides is 1. The van der Waals surface area contributed by atoms with Crippen LogP contribution in [0.15, 0.2) is 24.3 Å². The van der Waals surface area contributed by atoms with E-state index in [0.29, 0.717) is 28.6 Å². The van der Waals surface area contributed by atoms with Crippen molar-refractivity contribution in [3.8, 4) is 0 Å². The highest BCUT2D eigenvalue weighted by Gasteiger charge is 2.14. The van der Waals surface area contributed by atoms with Gasteiger partial charge in [0.2, 0.25) is 5.91 Å². The Hall–Kier alpha value is -1.03. The molecule has 0 unspecified atom stereocenters. The summed E-state index contributed by atoms with van der Waals surface area (Å²) >= 11 is 12.1. The van der Waals surface area contributed by atoms with Crippen LogP contribution >= 0.6 is 23.2 Å². The van der Waals surface area contributed by atoms with Crippen LogP contribution in [0.4, 0.5) is 0 Å². The molecule has 0 bridgehead atoms. The molecule has 0 saturated carbocycles. The van der Waals surface area contributed by atoms with Gasteiger partial charge in [0.1, 0.15) is 0 Å². The smallest absolute Gasteiger partial charge is 0.246 e. The topological polar surface area (TPSA) is 40.5 Å². The second-order valence-electron chi connectivity index (χ2n) is 4.67. The van der Waals surface area contributed by atoms with Crippen LogP contribution in [0.5, 0.6) is 0 Å². The molecule has 0 aliphatic heterocycles. The summed E-state index contributed by atoms with van der Waals surface area (Å²) in [5.74, 6) is -0.121. The number of rotatable bonds is 6. The van der Waals surface area contributed by atoms with Crippen molar-refractivity contribution in [1.82, 2.24) is 4.90 Å². The molecule has 3 nitrogen and oxygen atoms in total. The van der Waals surface area contributed by atoms with Gasteiger partial charge >= 0.3 is 0 Å². The largest absolute Gasteiger partial charge is 0.396 e. The van der Waals surface area contributed by atoms with E-state index in [0.717, 1.165) is 0 Å². The lowest BCUT2D eigenvalue weighted by atomic mass is 10.2. The molecule has 0 fully saturated rings. The number of halogens is 2. The van der Waals surface area contributed by atoms with Crippen LogP contribution in [0.2, 0.25) is 10.0 Å². The molecule has 1 aromatic carbocycles. The number of hydrogen-bond donors (Lipinski definition) is 1. The van der Waals surface area contributed by atoms with Crippen LogP contribution in [0.25, 0.3) is 6.08 Å². The SMILES string of the molecule is CC(C)N(CCCO)C(=O)/C=C/c1c(Cl)cccc1Cl. The number of carbonyl (C=O) groups is 1. The van der Waals surface area contributed by atoms with Crippen LogP contribution in [0.1, 0.15) is 25.8 Å². The molecule has 0 aliphatic rings. The Labute approximate surface area is 129 Å². The molecule has 0 saturated heterocycles. The van der Waals surface area contributed by atoms with Gasteiger partial charge in [-0.2, -0.15) is 0 Å². The van der Waals surface area contributed by atoms with Crippen molar-refractivity contribution in [2.45, 2.75) is 26.3 Å². The van der Waals surface area contributed by atoms with Gasteiger partial charge in [0.15, 0.2) is 0 Å². The van der Waals surface area contributed by atoms with Crippen LogP contribution < -0.4 is 0 Å². The maximum atomic E-state index is 12.2. The molecule has 5 heteroatoms. The average molecular weight is 316 g/mol. The Balaban J connectivity index is 2.84. The summed E-state index contributed by atoms with van der Waals surface area (Å²) in [6, 6.07) is 5.28. The lowest BCUT2D eigenvalue weighted by molar-refractivity contribution is -0.127. The third kappa shape index (κ3) is 4.82. The van der Waals surface area contributed by atoms with Crippen molar-refractivity contribution in [2.75, 3.05) is 13.2 Å². The van der Waals surface area contributed by atoms with Crippen LogP contribution in [0.3, 0.4) is 0 Å². The maximum absolute atomic E-state index is 12.2. The van der Waals surface area contributed by atoms with Gasteiger partial charge < -0.3 is 10.0 Å². The Kier molecular flexibility index (Phi) is 7.06. The highest BCUT2D eigenvalue weighted by Crippen LogP contribution is 2.25. The standard InChI is InChI=1S/C15H19Cl2NO2/c1-11(2)18(9-4-10-19)15(20)8-7-12-13(16)5-3-6-14(12)17/h3,5-8,11,19H,4,9-10H2,1-2H3/b8-7+. The Morgan fingerprint density at radius 3 is 2.45 bits per heavy atom. The van der Waals surface area contributed by atoms with Gasteiger partial charge in [0.05, 0.1) is 0 Å². The fourth-order valence-electron chi connectivity index (χ4n) is 1.78. The lowest BCUT2D eigenvalue weighted by Crippen LogP contribution is -2.36. The zero-order valence-corrected chi connectivity index (χ0v) is 13.2. The van der Waals surface area contributed by atoms with Crippen LogP contribution in [0, 0.1) is 0 Å². The van der Waals surface area contributed by atoms with E-state index in [2.05, 4.69) is 0 Å². The zero-order valence-electron chi connectivity index (χ0n) is 11.6. The van der Waals surface area contributed by atoms with E-state index in [-0.39, 0.29) is 18.6 Å². The fourth-order valence-corrected chi connectivity index (χ4v) is 2.31. The number of hydrogen-bond acceptors (Lipinski definition) is 2. The normalized spacial score (nSPS) is 11.3. The van der Waals surface area contributed by atoms with E-state index in [1.807, 2.05) is 13.8 Å². The highest BCUT2D eigenvalue weighted by atomic mass is 35.5. The third-order valence-corrected chi connectivity index (χ3v) is 3.52. The zero-order chi connectivity index (χ0) is 15.1. The quantitative estimate of drug-likeness (QED) is 0.814. The number of aliphatic hydroxyl groups excluding tert-OH is 1. The van der Waals surface area contributed by atoms with Gasteiger partial charge in [-0.05, 0) is 38.5 Å². The molecule has 1 rings (SSSR count). The fraction of sp³-hybridized carbons (Fsp3) is 0.400. The second-order valence-corrected chi connectivity index (χ2v) is 5.49. The Morgan fingerprint density at radius 1 is 1.35 bits per heavy atom. The van der Waals surface area contributed by atoms with Crippen molar-refractivity contribution in [3.05, 3.63) is 39.9 Å². The summed E-state index contributed by atoms with van der Waals surface area (Å²) in [5.41, 5.74) is 0.634. The minimum atomic E-state index is -0.121. The molecule has 0 aliphatic carbocycles. The first-order valence-corrected chi connectivity index (χ1v) is 7.26. The van der Waals surface area contributed by atoms with Crippen molar-refractivity contribution in [2.24, 2.45) is 0 Å². The summed E-state index contributed by atoms with van der Waals surface area (Å²) in [6.07, 6.45) is 3.65. The Bertz CT molecular complexity index is 467. The van der Waals surface area contributed by atoms with E-state index in [1.54, 1.807) is 29.2 Å². The molecular formula is C15H19Cl2NO2. The molecule has 0 aromatic heterocycles. The summed E-state index contributed by atoms with van der Waals surface area (Å²) in [6.45, 7) is 4.46. The molecule has 1 amide bonds. The first-order valence-electron chi connectivity index (χ1n) is 6.51. The minimum Gasteiger partial charge on any atom is -0.396 e. The first kappa shape index (κ1) is 17.0. The van der Waals surface area contributed by atoms with Gasteiger partial charge in [0.25, 0.3) is 0 Å². The molecule has 0 heterocycles. The Morgan fingerprint density at radius 2 is 1.95 bits per heavy atom. The minimum absolute atomic E-state index is 0.0660. The van der Waals surface area contributed by atoms with E-state index in [9.17, 15) is 4.79 Å². The van der Waals surface area contributed by atoms with Gasteiger partial charge in [-0.25, -0.2) is 0 Å². The second kappa shape index (κ2) is 8.30. The number of benzene rings is 1. The molecule has 1 aromatic rings. The molecule has 110 valence electrons. The third-order valence-electron chi connectivity index (χ3n) is 2.86. The maximum Gasteiger partial charge on any atom is 0.246 e. The molecule has 20 heavy (non-hydrogen) atoms. The molecular weight excluding hydrogens is 297 g/mol. The predicted molar refractivity (Wildman–Crippen MR) is 84.0 cm³/mol. The summed E-state index contributed by atoms with van der Waals surface area (Å²) in [7, 11) is 0. The van der Waals surface area contributed by atoms with Gasteiger partial charge in [0, 0.05) is 40.9 Å². The van der Waals surface area contributed by atoms with Crippen molar-refractivity contribution >= 4 is 35.2 Å². The first-order chi connectivity index (χ1) is 9.47. The van der Waals surface area contributed by atoms with Gasteiger partial charge in [-0.15, -0.1) is 0 Å². The number of carbonyl (C=O) groups excluding carboxylic acids is 1. The molecule has 0 spiro atoms. The van der Waals surface area contributed by atoms with Gasteiger partial charge in [-0.1, -0.05) is 29.3 Å². The summed E-state index contributed by atoms with van der Waals surface area (Å²) in [4.78, 5) is 13.8. The van der Waals surface area contributed by atoms with Crippen molar-refractivity contribution in [1.29, 1.82) is 0 Å². The summed E-state index contributed by atoms with van der Waals surface area (Å²) in [5, 5.41) is 9.88. The van der Waals surface area contributed by atoms with Crippen LogP contribution in [-0.2, 0) is 4.79 Å². The summed E-state index contributed by atoms with van der Waals surface area (Å²) < 4.78 is 0.